The Morgan fingerprint density at radius 1 is 0.810 bits per heavy atom. The van der Waals surface area contributed by atoms with Crippen molar-refractivity contribution in [1.82, 2.24) is 29.3 Å². The molecule has 3 aromatic heterocycles. The quantitative estimate of drug-likeness (QED) is 0.218. The number of para-hydroxylation sites is 1. The van der Waals surface area contributed by atoms with E-state index in [2.05, 4.69) is 33.5 Å². The van der Waals surface area contributed by atoms with Crippen LogP contribution in [-0.2, 0) is 13.7 Å². The number of hydrogen-bond acceptors (Lipinski definition) is 7. The molecule has 6 aromatic rings. The van der Waals surface area contributed by atoms with Gasteiger partial charge in [0.25, 0.3) is 0 Å². The number of ether oxygens (including phenoxy) is 2. The molecule has 1 N–H and O–H groups in total. The van der Waals surface area contributed by atoms with Crippen LogP contribution in [0.3, 0.4) is 0 Å². The molecule has 0 radical (unpaired) electrons. The van der Waals surface area contributed by atoms with Gasteiger partial charge in [0.05, 0.1) is 11.2 Å². The van der Waals surface area contributed by atoms with E-state index in [-0.39, 0.29) is 0 Å². The zero-order valence-corrected chi connectivity index (χ0v) is 23.6. The topological polar surface area (TPSA) is 81.7 Å². The summed E-state index contributed by atoms with van der Waals surface area (Å²) in [6, 6.07) is 30.1. The highest BCUT2D eigenvalue weighted by Gasteiger charge is 2.13. The second kappa shape index (κ2) is 11.5. The van der Waals surface area contributed by atoms with Gasteiger partial charge in [0.1, 0.15) is 30.4 Å². The van der Waals surface area contributed by atoms with Gasteiger partial charge in [0, 0.05) is 30.2 Å². The maximum Gasteiger partial charge on any atom is 0.247 e. The summed E-state index contributed by atoms with van der Waals surface area (Å²) in [6.45, 7) is 4.43. The number of aryl methyl sites for hydroxylation is 1. The van der Waals surface area contributed by atoms with E-state index < -0.39 is 0 Å². The molecule has 9 heteroatoms. The van der Waals surface area contributed by atoms with Gasteiger partial charge < -0.3 is 14.8 Å². The molecule has 1 aliphatic heterocycles. The van der Waals surface area contributed by atoms with Gasteiger partial charge in [-0.3, -0.25) is 9.58 Å². The second-order valence-electron chi connectivity index (χ2n) is 10.6. The lowest BCUT2D eigenvalue weighted by Crippen LogP contribution is -2.25. The molecule has 4 heterocycles. The van der Waals surface area contributed by atoms with E-state index in [0.29, 0.717) is 19.2 Å². The Kier molecular flexibility index (Phi) is 7.15. The van der Waals surface area contributed by atoms with E-state index >= 15 is 0 Å². The van der Waals surface area contributed by atoms with E-state index in [1.807, 2.05) is 89.0 Å². The first-order chi connectivity index (χ1) is 20.7. The summed E-state index contributed by atoms with van der Waals surface area (Å²) in [5.74, 6) is 2.16. The summed E-state index contributed by atoms with van der Waals surface area (Å²) in [5, 5.41) is 13.8. The molecule has 42 heavy (non-hydrogen) atoms. The molecule has 7 rings (SSSR count). The van der Waals surface area contributed by atoms with Gasteiger partial charge in [-0.15, -0.1) is 5.10 Å². The Morgan fingerprint density at radius 3 is 2.52 bits per heavy atom. The van der Waals surface area contributed by atoms with E-state index in [4.69, 9.17) is 19.6 Å². The van der Waals surface area contributed by atoms with Gasteiger partial charge in [-0.25, -0.2) is 4.52 Å². The summed E-state index contributed by atoms with van der Waals surface area (Å²) in [7, 11) is 1.95. The van der Waals surface area contributed by atoms with Crippen molar-refractivity contribution in [3.05, 3.63) is 96.7 Å². The van der Waals surface area contributed by atoms with Crippen LogP contribution in [0.4, 0.5) is 11.6 Å². The number of pyridine rings is 1. The number of likely N-dealkylation sites (tertiary alicyclic amines) is 1. The van der Waals surface area contributed by atoms with Crippen molar-refractivity contribution in [3.63, 3.8) is 0 Å². The molecule has 0 amide bonds. The van der Waals surface area contributed by atoms with Gasteiger partial charge in [0.2, 0.25) is 5.95 Å². The van der Waals surface area contributed by atoms with Crippen LogP contribution >= 0.6 is 0 Å². The standard InChI is InChI=1S/C33H33N7O2/c1-38-31-11-3-2-10-28(31)29(36-38)23-42-27-9-6-8-24(22-27)30-12-7-13-32-35-33(37-40(30)32)34-25-14-16-26(17-15-25)41-21-20-39-18-4-5-19-39/h2-3,6-17,22H,4-5,18-21,23H2,1H3,(H,34,37). The summed E-state index contributed by atoms with van der Waals surface area (Å²) < 4.78 is 15.9. The lowest BCUT2D eigenvalue weighted by molar-refractivity contribution is 0.238. The first kappa shape index (κ1) is 26.0. The molecule has 3 aromatic carbocycles. The van der Waals surface area contributed by atoms with Crippen molar-refractivity contribution in [3.8, 4) is 22.8 Å². The van der Waals surface area contributed by atoms with Gasteiger partial charge >= 0.3 is 0 Å². The third kappa shape index (κ3) is 5.51. The van der Waals surface area contributed by atoms with Gasteiger partial charge in [-0.2, -0.15) is 10.1 Å². The first-order valence-electron chi connectivity index (χ1n) is 14.4. The molecule has 0 spiro atoms. The number of nitrogens with zero attached hydrogens (tertiary/aromatic N) is 6. The predicted molar refractivity (Wildman–Crippen MR) is 164 cm³/mol. The molecule has 9 nitrogen and oxygen atoms in total. The fraction of sp³-hybridized carbons (Fsp3) is 0.242. The Morgan fingerprint density at radius 2 is 1.64 bits per heavy atom. The number of hydrogen-bond donors (Lipinski definition) is 1. The van der Waals surface area contributed by atoms with Crippen LogP contribution in [0.2, 0.25) is 0 Å². The molecule has 0 aliphatic carbocycles. The van der Waals surface area contributed by atoms with Crippen molar-refractivity contribution in [2.75, 3.05) is 31.6 Å². The fourth-order valence-electron chi connectivity index (χ4n) is 5.53. The second-order valence-corrected chi connectivity index (χ2v) is 10.6. The minimum absolute atomic E-state index is 0.384. The number of benzene rings is 3. The van der Waals surface area contributed by atoms with E-state index in [1.165, 1.54) is 25.9 Å². The lowest BCUT2D eigenvalue weighted by atomic mass is 10.1. The van der Waals surface area contributed by atoms with Crippen LogP contribution in [0.5, 0.6) is 11.5 Å². The lowest BCUT2D eigenvalue weighted by Gasteiger charge is -2.15. The van der Waals surface area contributed by atoms with E-state index in [1.54, 1.807) is 0 Å². The fourth-order valence-corrected chi connectivity index (χ4v) is 5.53. The van der Waals surface area contributed by atoms with Crippen LogP contribution < -0.4 is 14.8 Å². The highest BCUT2D eigenvalue weighted by atomic mass is 16.5. The molecule has 0 bridgehead atoms. The molecule has 0 atom stereocenters. The number of nitrogens with one attached hydrogen (secondary N) is 1. The number of aromatic nitrogens is 5. The minimum Gasteiger partial charge on any atom is -0.492 e. The Hall–Kier alpha value is -4.89. The largest absolute Gasteiger partial charge is 0.492 e. The molecular weight excluding hydrogens is 526 g/mol. The predicted octanol–water partition coefficient (Wildman–Crippen LogP) is 6.08. The number of anilines is 2. The highest BCUT2D eigenvalue weighted by molar-refractivity contribution is 5.81. The average molecular weight is 560 g/mol. The molecule has 212 valence electrons. The molecule has 1 aliphatic rings. The van der Waals surface area contributed by atoms with Crippen molar-refractivity contribution < 1.29 is 9.47 Å². The van der Waals surface area contributed by atoms with Gasteiger partial charge in [-0.05, 0) is 80.5 Å². The van der Waals surface area contributed by atoms with Crippen LogP contribution in [0, 0.1) is 0 Å². The summed E-state index contributed by atoms with van der Waals surface area (Å²) in [6.07, 6.45) is 2.59. The average Bonchev–Trinajstić information content (AvgIpc) is 3.76. The molecular formula is C33H33N7O2. The third-order valence-electron chi connectivity index (χ3n) is 7.68. The minimum atomic E-state index is 0.384. The SMILES string of the molecule is Cn1nc(COc2cccc(-c3cccc4nc(Nc5ccc(OCCN6CCCC6)cc5)nn34)c2)c2ccccc21. The smallest absolute Gasteiger partial charge is 0.247 e. The molecule has 1 fully saturated rings. The van der Waals surface area contributed by atoms with Crippen LogP contribution in [0.15, 0.2) is 91.0 Å². The zero-order chi connectivity index (χ0) is 28.3. The third-order valence-corrected chi connectivity index (χ3v) is 7.68. The van der Waals surface area contributed by atoms with Crippen molar-refractivity contribution in [1.29, 1.82) is 0 Å². The Labute approximate surface area is 244 Å². The van der Waals surface area contributed by atoms with E-state index in [9.17, 15) is 0 Å². The summed E-state index contributed by atoms with van der Waals surface area (Å²) in [4.78, 5) is 7.15. The zero-order valence-electron chi connectivity index (χ0n) is 23.6. The van der Waals surface area contributed by atoms with Crippen molar-refractivity contribution in [2.45, 2.75) is 19.4 Å². The van der Waals surface area contributed by atoms with Crippen molar-refractivity contribution in [2.24, 2.45) is 7.05 Å². The normalized spacial score (nSPS) is 13.6. The molecule has 1 saturated heterocycles. The maximum atomic E-state index is 6.19. The van der Waals surface area contributed by atoms with Crippen molar-refractivity contribution >= 4 is 28.2 Å². The Bertz CT molecular complexity index is 1820. The van der Waals surface area contributed by atoms with Crippen LogP contribution in [0.25, 0.3) is 27.8 Å². The number of fused-ring (bicyclic) bond motifs is 2. The number of rotatable bonds is 10. The monoisotopic (exact) mass is 559 g/mol. The van der Waals surface area contributed by atoms with Gasteiger partial charge in [0.15, 0.2) is 5.65 Å². The van der Waals surface area contributed by atoms with Crippen LogP contribution in [-0.4, -0.2) is 55.5 Å². The maximum absolute atomic E-state index is 6.19. The first-order valence-corrected chi connectivity index (χ1v) is 14.4. The Balaban J connectivity index is 1.04. The van der Waals surface area contributed by atoms with Gasteiger partial charge in [-0.1, -0.05) is 36.4 Å². The highest BCUT2D eigenvalue weighted by Crippen LogP contribution is 2.27. The molecule has 0 saturated carbocycles. The van der Waals surface area contributed by atoms with E-state index in [0.717, 1.165) is 57.2 Å². The summed E-state index contributed by atoms with van der Waals surface area (Å²) in [5.41, 5.74) is 5.55. The van der Waals surface area contributed by atoms with Crippen LogP contribution in [0.1, 0.15) is 18.5 Å². The molecule has 0 unspecified atom stereocenters. The summed E-state index contributed by atoms with van der Waals surface area (Å²) >= 11 is 0.